The van der Waals surface area contributed by atoms with Crippen molar-refractivity contribution in [3.63, 3.8) is 0 Å². The topological polar surface area (TPSA) is 70.7 Å². The van der Waals surface area contributed by atoms with Gasteiger partial charge in [-0.3, -0.25) is 9.78 Å². The molecule has 0 aliphatic rings. The molecule has 3 aromatic rings. The molecule has 0 fully saturated rings. The number of carbonyl (C=O) groups excluding carboxylic acids is 1. The first kappa shape index (κ1) is 17.0. The Labute approximate surface area is 152 Å². The zero-order valence-corrected chi connectivity index (χ0v) is 15.5. The molecule has 0 saturated heterocycles. The van der Waals surface area contributed by atoms with Gasteiger partial charge in [0.25, 0.3) is 5.91 Å². The third kappa shape index (κ3) is 3.96. The predicted molar refractivity (Wildman–Crippen MR) is 101 cm³/mol. The number of aromatic amines is 1. The number of nitrogens with one attached hydrogen (secondary N) is 2. The lowest BCUT2D eigenvalue weighted by molar-refractivity contribution is 0.0933. The number of halogens is 1. The molecule has 2 aromatic heterocycles. The van der Waals surface area contributed by atoms with E-state index in [0.29, 0.717) is 5.56 Å². The highest BCUT2D eigenvalue weighted by atomic mass is 79.9. The van der Waals surface area contributed by atoms with Crippen LogP contribution in [0.5, 0.6) is 0 Å². The summed E-state index contributed by atoms with van der Waals surface area (Å²) in [4.78, 5) is 24.5. The van der Waals surface area contributed by atoms with Crippen LogP contribution in [0.1, 0.15) is 28.6 Å². The molecule has 3 rings (SSSR count). The van der Waals surface area contributed by atoms with Gasteiger partial charge in [0, 0.05) is 16.9 Å². The lowest BCUT2D eigenvalue weighted by Gasteiger charge is -2.16. The van der Waals surface area contributed by atoms with Gasteiger partial charge in [0.15, 0.2) is 0 Å². The summed E-state index contributed by atoms with van der Waals surface area (Å²) in [5.41, 5.74) is 2.40. The van der Waals surface area contributed by atoms with Crippen LogP contribution in [0.2, 0.25) is 0 Å². The molecule has 0 aliphatic heterocycles. The van der Waals surface area contributed by atoms with Gasteiger partial charge < -0.3 is 10.3 Å². The first-order valence-electron chi connectivity index (χ1n) is 7.52. The van der Waals surface area contributed by atoms with Crippen LogP contribution in [0, 0.1) is 0 Å². The third-order valence-electron chi connectivity index (χ3n) is 3.62. The highest BCUT2D eigenvalue weighted by Gasteiger charge is 2.19. The van der Waals surface area contributed by atoms with Crippen LogP contribution in [0.3, 0.4) is 0 Å². The van der Waals surface area contributed by atoms with Crippen molar-refractivity contribution in [2.75, 3.05) is 12.0 Å². The number of rotatable bonds is 6. The van der Waals surface area contributed by atoms with Crippen molar-refractivity contribution in [3.05, 3.63) is 58.6 Å². The lowest BCUT2D eigenvalue weighted by Crippen LogP contribution is -2.29. The van der Waals surface area contributed by atoms with Crippen LogP contribution in [0.15, 0.2) is 47.2 Å². The molecule has 0 saturated carbocycles. The minimum absolute atomic E-state index is 0.157. The van der Waals surface area contributed by atoms with Crippen LogP contribution in [0.4, 0.5) is 0 Å². The van der Waals surface area contributed by atoms with E-state index in [1.54, 1.807) is 30.2 Å². The van der Waals surface area contributed by atoms with Crippen molar-refractivity contribution in [1.29, 1.82) is 0 Å². The smallest absolute Gasteiger partial charge is 0.253 e. The summed E-state index contributed by atoms with van der Waals surface area (Å²) in [5.74, 6) is 1.55. The van der Waals surface area contributed by atoms with Gasteiger partial charge in [0.2, 0.25) is 0 Å². The first-order chi connectivity index (χ1) is 11.7. The second-order valence-electron chi connectivity index (χ2n) is 5.34. The Morgan fingerprint density at radius 2 is 2.21 bits per heavy atom. The summed E-state index contributed by atoms with van der Waals surface area (Å²) >= 11 is 5.09. The molecule has 1 atom stereocenters. The molecule has 0 bridgehead atoms. The van der Waals surface area contributed by atoms with E-state index in [1.807, 2.05) is 24.3 Å². The molecule has 24 heavy (non-hydrogen) atoms. The van der Waals surface area contributed by atoms with Crippen LogP contribution in [0.25, 0.3) is 11.0 Å². The zero-order valence-electron chi connectivity index (χ0n) is 13.1. The Morgan fingerprint density at radius 3 is 2.96 bits per heavy atom. The van der Waals surface area contributed by atoms with Gasteiger partial charge >= 0.3 is 0 Å². The monoisotopic (exact) mass is 404 g/mol. The first-order valence-corrected chi connectivity index (χ1v) is 9.71. The van der Waals surface area contributed by atoms with E-state index in [9.17, 15) is 4.79 Å². The van der Waals surface area contributed by atoms with Gasteiger partial charge in [-0.2, -0.15) is 11.8 Å². The number of benzene rings is 1. The molecule has 2 N–H and O–H groups in total. The number of H-pyrrole nitrogens is 1. The molecule has 1 amide bonds. The van der Waals surface area contributed by atoms with Crippen LogP contribution in [-0.2, 0) is 0 Å². The SMILES string of the molecule is CSCC[C@H](NC(=O)c1cncc(Br)c1)c1nc2ccccc2[nH]1. The van der Waals surface area contributed by atoms with Crippen molar-refractivity contribution in [2.45, 2.75) is 12.5 Å². The second-order valence-corrected chi connectivity index (χ2v) is 7.24. The summed E-state index contributed by atoms with van der Waals surface area (Å²) in [5, 5.41) is 3.07. The number of aromatic nitrogens is 3. The highest BCUT2D eigenvalue weighted by Crippen LogP contribution is 2.21. The Morgan fingerprint density at radius 1 is 1.38 bits per heavy atom. The van der Waals surface area contributed by atoms with Gasteiger partial charge in [-0.15, -0.1) is 0 Å². The number of thioether (sulfide) groups is 1. The number of hydrogen-bond acceptors (Lipinski definition) is 4. The molecule has 0 spiro atoms. The second kappa shape index (κ2) is 7.81. The zero-order chi connectivity index (χ0) is 16.9. The molecule has 0 radical (unpaired) electrons. The van der Waals surface area contributed by atoms with Crippen molar-refractivity contribution in [3.8, 4) is 0 Å². The van der Waals surface area contributed by atoms with E-state index in [4.69, 9.17) is 0 Å². The molecule has 1 aromatic carbocycles. The maximum absolute atomic E-state index is 12.5. The fourth-order valence-corrected chi connectivity index (χ4v) is 3.26. The van der Waals surface area contributed by atoms with Crippen LogP contribution < -0.4 is 5.32 Å². The number of carbonyl (C=O) groups is 1. The largest absolute Gasteiger partial charge is 0.342 e. The summed E-state index contributed by atoms with van der Waals surface area (Å²) < 4.78 is 0.777. The number of fused-ring (bicyclic) bond motifs is 1. The molecule has 0 aliphatic carbocycles. The minimum atomic E-state index is -0.170. The quantitative estimate of drug-likeness (QED) is 0.652. The molecule has 0 unspecified atom stereocenters. The highest BCUT2D eigenvalue weighted by molar-refractivity contribution is 9.10. The molecule has 5 nitrogen and oxygen atoms in total. The fourth-order valence-electron chi connectivity index (χ4n) is 2.43. The summed E-state index contributed by atoms with van der Waals surface area (Å²) in [6, 6.07) is 9.45. The maximum atomic E-state index is 12.5. The Balaban J connectivity index is 1.84. The summed E-state index contributed by atoms with van der Waals surface area (Å²) in [7, 11) is 0. The van der Waals surface area contributed by atoms with Crippen LogP contribution in [-0.4, -0.2) is 32.9 Å². The fraction of sp³-hybridized carbons (Fsp3) is 0.235. The third-order valence-corrected chi connectivity index (χ3v) is 4.70. The Hall–Kier alpha value is -1.86. The standard InChI is InChI=1S/C17H17BrN4OS/c1-24-7-6-15(16-20-13-4-2-3-5-14(13)21-16)22-17(23)11-8-12(18)10-19-9-11/h2-5,8-10,15H,6-7H2,1H3,(H,20,21)(H,22,23)/t15-/m0/s1. The van der Waals surface area contributed by atoms with Crippen LogP contribution >= 0.6 is 27.7 Å². The summed E-state index contributed by atoms with van der Waals surface area (Å²) in [6.45, 7) is 0. The average Bonchev–Trinajstić information content (AvgIpc) is 3.02. The Bertz CT molecular complexity index is 818. The predicted octanol–water partition coefficient (Wildman–Crippen LogP) is 3.94. The lowest BCUT2D eigenvalue weighted by atomic mass is 10.2. The number of imidazole rings is 1. The van der Waals surface area contributed by atoms with E-state index >= 15 is 0 Å². The average molecular weight is 405 g/mol. The number of pyridine rings is 1. The number of hydrogen-bond donors (Lipinski definition) is 2. The van der Waals surface area contributed by atoms with Crippen molar-refractivity contribution < 1.29 is 4.79 Å². The van der Waals surface area contributed by atoms with Crippen molar-refractivity contribution in [1.82, 2.24) is 20.3 Å². The van der Waals surface area contributed by atoms with Gasteiger partial charge in [-0.1, -0.05) is 12.1 Å². The normalized spacial score (nSPS) is 12.2. The van der Waals surface area contributed by atoms with E-state index < -0.39 is 0 Å². The number of nitrogens with zero attached hydrogens (tertiary/aromatic N) is 2. The summed E-state index contributed by atoms with van der Waals surface area (Å²) in [6.07, 6.45) is 6.06. The van der Waals surface area contributed by atoms with Gasteiger partial charge in [0.1, 0.15) is 5.82 Å². The number of amides is 1. The van der Waals surface area contributed by atoms with Crippen molar-refractivity contribution >= 4 is 44.6 Å². The van der Waals surface area contributed by atoms with E-state index in [0.717, 1.165) is 33.5 Å². The number of para-hydroxylation sites is 2. The van der Waals surface area contributed by atoms with E-state index in [1.165, 1.54) is 0 Å². The minimum Gasteiger partial charge on any atom is -0.342 e. The van der Waals surface area contributed by atoms with Gasteiger partial charge in [0.05, 0.1) is 22.6 Å². The van der Waals surface area contributed by atoms with E-state index in [-0.39, 0.29) is 11.9 Å². The molecule has 2 heterocycles. The van der Waals surface area contributed by atoms with E-state index in [2.05, 4.69) is 42.5 Å². The Kier molecular flexibility index (Phi) is 5.52. The van der Waals surface area contributed by atoms with Gasteiger partial charge in [-0.05, 0) is 52.6 Å². The van der Waals surface area contributed by atoms with Crippen molar-refractivity contribution in [2.24, 2.45) is 0 Å². The van der Waals surface area contributed by atoms with Gasteiger partial charge in [-0.25, -0.2) is 4.98 Å². The molecular formula is C17H17BrN4OS. The maximum Gasteiger partial charge on any atom is 0.253 e. The molecule has 124 valence electrons. The molecule has 7 heteroatoms. The molecular weight excluding hydrogens is 388 g/mol.